The third-order valence-electron chi connectivity index (χ3n) is 2.27. The van der Waals surface area contributed by atoms with Crippen LogP contribution in [0.25, 0.3) is 0 Å². The Morgan fingerprint density at radius 2 is 2.19 bits per heavy atom. The lowest BCUT2D eigenvalue weighted by atomic mass is 10.0. The monoisotopic (exact) mass is 287 g/mol. The molecule has 3 N–H and O–H groups in total. The van der Waals surface area contributed by atoms with E-state index in [0.29, 0.717) is 21.3 Å². The molecule has 0 aromatic heterocycles. The molecule has 1 unspecified atom stereocenters. The fourth-order valence-electron chi connectivity index (χ4n) is 1.38. The number of aromatic hydroxyl groups is 1. The van der Waals surface area contributed by atoms with Crippen molar-refractivity contribution in [1.82, 2.24) is 0 Å². The lowest BCUT2D eigenvalue weighted by Crippen LogP contribution is -2.27. The lowest BCUT2D eigenvalue weighted by molar-refractivity contribution is 0.0964. The van der Waals surface area contributed by atoms with Gasteiger partial charge in [-0.15, -0.1) is 0 Å². The van der Waals surface area contributed by atoms with Crippen LogP contribution in [0.5, 0.6) is 11.5 Å². The highest BCUT2D eigenvalue weighted by Crippen LogP contribution is 2.39. The number of ketones is 1. The van der Waals surface area contributed by atoms with Crippen LogP contribution in [-0.2, 0) is 0 Å². The van der Waals surface area contributed by atoms with Crippen molar-refractivity contribution in [2.45, 2.75) is 19.9 Å². The van der Waals surface area contributed by atoms with Crippen molar-refractivity contribution < 1.29 is 14.6 Å². The first kappa shape index (κ1) is 13.0. The predicted octanol–water partition coefficient (Wildman–Crippen LogP) is 2.00. The van der Waals surface area contributed by atoms with Gasteiger partial charge in [-0.2, -0.15) is 0 Å². The minimum absolute atomic E-state index is 0.0677. The Balaban J connectivity index is 3.45. The minimum atomic E-state index is -0.607. The van der Waals surface area contributed by atoms with Gasteiger partial charge in [0.2, 0.25) is 0 Å². The Labute approximate surface area is 103 Å². The first-order valence-corrected chi connectivity index (χ1v) is 5.55. The van der Waals surface area contributed by atoms with E-state index in [1.165, 1.54) is 7.11 Å². The minimum Gasteiger partial charge on any atom is -0.506 e. The van der Waals surface area contributed by atoms with Gasteiger partial charge in [-0.3, -0.25) is 4.79 Å². The molecule has 0 spiro atoms. The molecule has 5 heteroatoms. The number of Topliss-reactive ketones (excluding diaryl/α,β-unsaturated/α-hetero) is 1. The van der Waals surface area contributed by atoms with Gasteiger partial charge in [-0.1, -0.05) is 0 Å². The third kappa shape index (κ3) is 2.20. The zero-order chi connectivity index (χ0) is 12.5. The van der Waals surface area contributed by atoms with Crippen LogP contribution in [0, 0.1) is 6.92 Å². The number of rotatable bonds is 3. The van der Waals surface area contributed by atoms with Crippen molar-refractivity contribution >= 4 is 21.7 Å². The molecule has 88 valence electrons. The number of phenolic OH excluding ortho intramolecular Hbond substituents is 1. The Morgan fingerprint density at radius 1 is 1.62 bits per heavy atom. The molecular weight excluding hydrogens is 274 g/mol. The molecule has 0 radical (unpaired) electrons. The molecule has 0 bridgehead atoms. The van der Waals surface area contributed by atoms with Crippen LogP contribution in [0.4, 0.5) is 0 Å². The molecule has 1 rings (SSSR count). The highest BCUT2D eigenvalue weighted by atomic mass is 79.9. The second-order valence-corrected chi connectivity index (χ2v) is 4.38. The predicted molar refractivity (Wildman–Crippen MR) is 65.1 cm³/mol. The summed E-state index contributed by atoms with van der Waals surface area (Å²) in [7, 11) is 1.44. The first-order chi connectivity index (χ1) is 7.40. The number of methoxy groups -OCH3 is 1. The maximum atomic E-state index is 11.8. The summed E-state index contributed by atoms with van der Waals surface area (Å²) in [5, 5.41) is 9.69. The molecule has 1 aromatic rings. The van der Waals surface area contributed by atoms with Gasteiger partial charge in [0.15, 0.2) is 5.78 Å². The fourth-order valence-corrected chi connectivity index (χ4v) is 2.07. The van der Waals surface area contributed by atoms with Crippen molar-refractivity contribution in [3.05, 3.63) is 21.7 Å². The number of hydrogen-bond acceptors (Lipinski definition) is 4. The van der Waals surface area contributed by atoms with Crippen LogP contribution < -0.4 is 10.5 Å². The number of carbonyl (C=O) groups is 1. The smallest absolute Gasteiger partial charge is 0.182 e. The Morgan fingerprint density at radius 3 is 2.62 bits per heavy atom. The molecule has 16 heavy (non-hydrogen) atoms. The van der Waals surface area contributed by atoms with E-state index in [4.69, 9.17) is 10.5 Å². The highest BCUT2D eigenvalue weighted by molar-refractivity contribution is 9.10. The molecule has 0 amide bonds. The van der Waals surface area contributed by atoms with E-state index >= 15 is 0 Å². The van der Waals surface area contributed by atoms with Crippen LogP contribution in [0.3, 0.4) is 0 Å². The molecule has 1 aromatic carbocycles. The van der Waals surface area contributed by atoms with Crippen LogP contribution in [0.2, 0.25) is 0 Å². The van der Waals surface area contributed by atoms with E-state index in [0.717, 1.165) is 0 Å². The molecule has 0 aliphatic carbocycles. The van der Waals surface area contributed by atoms with Gasteiger partial charge >= 0.3 is 0 Å². The summed E-state index contributed by atoms with van der Waals surface area (Å²) in [6.45, 7) is 3.31. The summed E-state index contributed by atoms with van der Waals surface area (Å²) >= 11 is 3.19. The van der Waals surface area contributed by atoms with Crippen LogP contribution in [0.1, 0.15) is 22.8 Å². The van der Waals surface area contributed by atoms with Crippen LogP contribution in [-0.4, -0.2) is 24.0 Å². The van der Waals surface area contributed by atoms with Crippen molar-refractivity contribution in [2.24, 2.45) is 5.73 Å². The molecule has 1 atom stereocenters. The topological polar surface area (TPSA) is 72.5 Å². The van der Waals surface area contributed by atoms with Gasteiger partial charge < -0.3 is 15.6 Å². The summed E-state index contributed by atoms with van der Waals surface area (Å²) in [6.07, 6.45) is 0. The van der Waals surface area contributed by atoms with Gasteiger partial charge in [-0.05, 0) is 41.4 Å². The molecule has 4 nitrogen and oxygen atoms in total. The summed E-state index contributed by atoms with van der Waals surface area (Å²) in [4.78, 5) is 11.8. The molecule has 0 saturated carbocycles. The quantitative estimate of drug-likeness (QED) is 0.834. The van der Waals surface area contributed by atoms with Gasteiger partial charge in [0.05, 0.1) is 18.7 Å². The van der Waals surface area contributed by atoms with Crippen LogP contribution in [0.15, 0.2) is 10.5 Å². The number of ether oxygens (including phenoxy) is 1. The van der Waals surface area contributed by atoms with E-state index in [1.807, 2.05) is 0 Å². The number of aryl methyl sites for hydroxylation is 1. The van der Waals surface area contributed by atoms with E-state index in [2.05, 4.69) is 15.9 Å². The maximum absolute atomic E-state index is 11.8. The van der Waals surface area contributed by atoms with Crippen LogP contribution >= 0.6 is 15.9 Å². The largest absolute Gasteiger partial charge is 0.506 e. The van der Waals surface area contributed by atoms with E-state index in [9.17, 15) is 9.90 Å². The van der Waals surface area contributed by atoms with Gasteiger partial charge in [0.25, 0.3) is 0 Å². The third-order valence-corrected chi connectivity index (χ3v) is 3.01. The number of hydrogen-bond donors (Lipinski definition) is 2. The molecule has 0 saturated heterocycles. The highest BCUT2D eigenvalue weighted by Gasteiger charge is 2.21. The fraction of sp³-hybridized carbons (Fsp3) is 0.364. The standard InChI is InChI=1S/C11H14BrNO3/c1-5-4-7(10(15)6(2)13)11(16-3)8(12)9(5)14/h4,6,14H,13H2,1-3H3. The number of nitrogens with two attached hydrogens (primary N) is 1. The molecule has 0 fully saturated rings. The Hall–Kier alpha value is -1.07. The first-order valence-electron chi connectivity index (χ1n) is 4.76. The van der Waals surface area contributed by atoms with E-state index < -0.39 is 6.04 Å². The van der Waals surface area contributed by atoms with Gasteiger partial charge in [-0.25, -0.2) is 0 Å². The molecule has 0 heterocycles. The van der Waals surface area contributed by atoms with E-state index in [-0.39, 0.29) is 11.5 Å². The van der Waals surface area contributed by atoms with Crippen molar-refractivity contribution in [3.8, 4) is 11.5 Å². The summed E-state index contributed by atoms with van der Waals surface area (Å²) < 4.78 is 5.47. The second-order valence-electron chi connectivity index (χ2n) is 3.59. The van der Waals surface area contributed by atoms with Crippen molar-refractivity contribution in [1.29, 1.82) is 0 Å². The Kier molecular flexibility index (Phi) is 3.93. The average Bonchev–Trinajstić information content (AvgIpc) is 2.24. The SMILES string of the molecule is COc1c(C(=O)C(C)N)cc(C)c(O)c1Br. The molecule has 0 aliphatic heterocycles. The normalized spacial score (nSPS) is 12.3. The second kappa shape index (κ2) is 4.84. The number of halogens is 1. The maximum Gasteiger partial charge on any atom is 0.182 e. The van der Waals surface area contributed by atoms with Crippen molar-refractivity contribution in [3.63, 3.8) is 0 Å². The summed E-state index contributed by atoms with van der Waals surface area (Å²) in [6, 6.07) is 0.967. The number of carbonyl (C=O) groups excluding carboxylic acids is 1. The number of phenols is 1. The van der Waals surface area contributed by atoms with Crippen molar-refractivity contribution in [2.75, 3.05) is 7.11 Å². The average molecular weight is 288 g/mol. The Bertz CT molecular complexity index is 430. The summed E-state index contributed by atoms with van der Waals surface area (Å²) in [5.74, 6) is 0.157. The molecular formula is C11H14BrNO3. The lowest BCUT2D eigenvalue weighted by Gasteiger charge is -2.14. The van der Waals surface area contributed by atoms with Gasteiger partial charge in [0.1, 0.15) is 16.0 Å². The zero-order valence-corrected chi connectivity index (χ0v) is 11.0. The number of benzene rings is 1. The van der Waals surface area contributed by atoms with Gasteiger partial charge in [0, 0.05) is 0 Å². The summed E-state index contributed by atoms with van der Waals surface area (Å²) in [5.41, 5.74) is 6.52. The molecule has 0 aliphatic rings. The van der Waals surface area contributed by atoms with E-state index in [1.54, 1.807) is 19.9 Å². The zero-order valence-electron chi connectivity index (χ0n) is 9.37.